The van der Waals surface area contributed by atoms with Crippen molar-refractivity contribution in [2.45, 2.75) is 56.7 Å². The van der Waals surface area contributed by atoms with Crippen LogP contribution in [0.15, 0.2) is 0 Å². The van der Waals surface area contributed by atoms with Crippen LogP contribution < -0.4 is 5.73 Å². The van der Waals surface area contributed by atoms with Crippen molar-refractivity contribution in [1.82, 2.24) is 4.90 Å². The van der Waals surface area contributed by atoms with Gasteiger partial charge in [0.1, 0.15) is 0 Å². The van der Waals surface area contributed by atoms with Crippen molar-refractivity contribution in [2.75, 3.05) is 0 Å². The molecule has 100 valence electrons. The average Bonchev–Trinajstić information content (AvgIpc) is 3.01. The molecule has 0 aromatic carbocycles. The Hall–Kier alpha value is -1.10. The number of carboxylic acids is 1. The van der Waals surface area contributed by atoms with Gasteiger partial charge >= 0.3 is 5.97 Å². The van der Waals surface area contributed by atoms with Gasteiger partial charge in [-0.2, -0.15) is 0 Å². The van der Waals surface area contributed by atoms with Crippen LogP contribution in [-0.2, 0) is 9.59 Å². The summed E-state index contributed by atoms with van der Waals surface area (Å²) in [5.74, 6) is -0.522. The molecule has 4 unspecified atom stereocenters. The minimum Gasteiger partial charge on any atom is -0.481 e. The largest absolute Gasteiger partial charge is 0.481 e. The minimum atomic E-state index is -0.758. The predicted molar refractivity (Wildman–Crippen MR) is 64.7 cm³/mol. The summed E-state index contributed by atoms with van der Waals surface area (Å²) >= 11 is 0. The molecule has 4 atom stereocenters. The summed E-state index contributed by atoms with van der Waals surface area (Å²) in [6, 6.07) is 0.0437. The van der Waals surface area contributed by atoms with Crippen molar-refractivity contribution in [3.63, 3.8) is 0 Å². The van der Waals surface area contributed by atoms with E-state index in [4.69, 9.17) is 10.8 Å². The van der Waals surface area contributed by atoms with E-state index in [2.05, 4.69) is 0 Å². The Kier molecular flexibility index (Phi) is 2.81. The van der Waals surface area contributed by atoms with Gasteiger partial charge in [-0.05, 0) is 38.0 Å². The third-order valence-corrected chi connectivity index (χ3v) is 4.78. The maximum Gasteiger partial charge on any atom is 0.308 e. The Labute approximate surface area is 106 Å². The molecular formula is C13H20N2O3. The second-order valence-corrected chi connectivity index (χ2v) is 5.99. The highest BCUT2D eigenvalue weighted by atomic mass is 16.4. The number of carbonyl (C=O) groups is 2. The number of hydrogen-bond donors (Lipinski definition) is 2. The van der Waals surface area contributed by atoms with Gasteiger partial charge in [-0.15, -0.1) is 0 Å². The molecule has 0 aromatic heterocycles. The molecule has 2 aliphatic heterocycles. The molecule has 1 aliphatic carbocycles. The number of aliphatic carboxylic acids is 1. The summed E-state index contributed by atoms with van der Waals surface area (Å²) < 4.78 is 0. The highest BCUT2D eigenvalue weighted by Crippen LogP contribution is 2.42. The predicted octanol–water partition coefficient (Wildman–Crippen LogP) is 0.578. The van der Waals surface area contributed by atoms with E-state index in [-0.39, 0.29) is 30.0 Å². The first-order valence-electron chi connectivity index (χ1n) is 6.87. The van der Waals surface area contributed by atoms with Crippen LogP contribution >= 0.6 is 0 Å². The van der Waals surface area contributed by atoms with Gasteiger partial charge in [-0.1, -0.05) is 0 Å². The van der Waals surface area contributed by atoms with Crippen molar-refractivity contribution in [1.29, 1.82) is 0 Å². The Balaban J connectivity index is 1.65. The molecule has 3 N–H and O–H groups in total. The maximum absolute atomic E-state index is 12.3. The molecule has 1 amide bonds. The monoisotopic (exact) mass is 252 g/mol. The highest BCUT2D eigenvalue weighted by molar-refractivity contribution is 5.81. The quantitative estimate of drug-likeness (QED) is 0.766. The third kappa shape index (κ3) is 1.90. The molecule has 5 nitrogen and oxygen atoms in total. The van der Waals surface area contributed by atoms with E-state index in [1.165, 1.54) is 0 Å². The molecule has 5 heteroatoms. The Morgan fingerprint density at radius 3 is 2.56 bits per heavy atom. The fraction of sp³-hybridized carbons (Fsp3) is 0.846. The van der Waals surface area contributed by atoms with Crippen LogP contribution in [0.5, 0.6) is 0 Å². The van der Waals surface area contributed by atoms with Gasteiger partial charge < -0.3 is 15.7 Å². The number of fused-ring (bicyclic) bond motifs is 2. The lowest BCUT2D eigenvalue weighted by molar-refractivity contribution is -0.143. The number of carboxylic acid groups (broad SMARTS) is 1. The van der Waals surface area contributed by atoms with Gasteiger partial charge in [0.2, 0.25) is 5.91 Å². The Morgan fingerprint density at radius 2 is 2.00 bits per heavy atom. The maximum atomic E-state index is 12.3. The van der Waals surface area contributed by atoms with Crippen LogP contribution in [0.4, 0.5) is 0 Å². The lowest BCUT2D eigenvalue weighted by Gasteiger charge is -2.24. The number of hydrogen-bond acceptors (Lipinski definition) is 3. The fourth-order valence-corrected chi connectivity index (χ4v) is 3.64. The summed E-state index contributed by atoms with van der Waals surface area (Å²) in [4.78, 5) is 25.2. The zero-order chi connectivity index (χ0) is 12.9. The van der Waals surface area contributed by atoms with Crippen LogP contribution in [0.3, 0.4) is 0 Å². The van der Waals surface area contributed by atoms with E-state index in [0.29, 0.717) is 18.8 Å². The van der Waals surface area contributed by atoms with Crippen molar-refractivity contribution in [2.24, 2.45) is 17.6 Å². The summed E-state index contributed by atoms with van der Waals surface area (Å²) in [6.45, 7) is 0. The van der Waals surface area contributed by atoms with E-state index in [1.807, 2.05) is 4.90 Å². The molecule has 18 heavy (non-hydrogen) atoms. The van der Waals surface area contributed by atoms with E-state index in [0.717, 1.165) is 25.7 Å². The average molecular weight is 252 g/mol. The number of amides is 1. The molecule has 2 heterocycles. The molecule has 0 aromatic rings. The lowest BCUT2D eigenvalue weighted by Crippen LogP contribution is -2.41. The highest BCUT2D eigenvalue weighted by Gasteiger charge is 2.51. The van der Waals surface area contributed by atoms with E-state index < -0.39 is 5.97 Å². The van der Waals surface area contributed by atoms with Crippen molar-refractivity contribution >= 4 is 11.9 Å². The summed E-state index contributed by atoms with van der Waals surface area (Å²) in [5, 5.41) is 9.15. The molecule has 2 bridgehead atoms. The first kappa shape index (κ1) is 12.0. The summed E-state index contributed by atoms with van der Waals surface area (Å²) in [5.41, 5.74) is 5.99. The second kappa shape index (κ2) is 4.23. The Bertz CT molecular complexity index is 380. The van der Waals surface area contributed by atoms with E-state index >= 15 is 0 Å². The number of rotatable bonds is 4. The van der Waals surface area contributed by atoms with Crippen LogP contribution in [0.1, 0.15) is 38.5 Å². The third-order valence-electron chi connectivity index (χ3n) is 4.78. The Morgan fingerprint density at radius 1 is 1.28 bits per heavy atom. The molecule has 0 spiro atoms. The number of nitrogens with zero attached hydrogens (tertiary/aromatic N) is 1. The zero-order valence-corrected chi connectivity index (χ0v) is 10.4. The molecule has 3 fully saturated rings. The molecular weight excluding hydrogens is 232 g/mol. The van der Waals surface area contributed by atoms with Crippen LogP contribution in [0, 0.1) is 11.8 Å². The van der Waals surface area contributed by atoms with Crippen molar-refractivity contribution in [3.05, 3.63) is 0 Å². The van der Waals surface area contributed by atoms with Gasteiger partial charge in [-0.25, -0.2) is 0 Å². The van der Waals surface area contributed by atoms with Gasteiger partial charge in [0.05, 0.1) is 5.92 Å². The minimum absolute atomic E-state index is 0.0271. The van der Waals surface area contributed by atoms with Gasteiger partial charge in [0.25, 0.3) is 0 Å². The number of nitrogens with two attached hydrogens (primary N) is 1. The molecule has 0 radical (unpaired) electrons. The second-order valence-electron chi connectivity index (χ2n) is 5.99. The molecule has 3 rings (SSSR count). The van der Waals surface area contributed by atoms with Crippen LogP contribution in [-0.4, -0.2) is 40.0 Å². The topological polar surface area (TPSA) is 83.6 Å². The number of carbonyl (C=O) groups excluding carboxylic acids is 1. The smallest absolute Gasteiger partial charge is 0.308 e. The van der Waals surface area contributed by atoms with E-state index in [1.54, 1.807) is 0 Å². The normalized spacial score (nSPS) is 35.8. The first-order chi connectivity index (χ1) is 8.58. The van der Waals surface area contributed by atoms with E-state index in [9.17, 15) is 9.59 Å². The first-order valence-corrected chi connectivity index (χ1v) is 6.87. The van der Waals surface area contributed by atoms with Crippen molar-refractivity contribution < 1.29 is 14.7 Å². The van der Waals surface area contributed by atoms with Gasteiger partial charge in [0, 0.05) is 24.5 Å². The lowest BCUT2D eigenvalue weighted by atomic mass is 9.89. The standard InChI is InChI=1S/C13H20N2O3/c14-10(7-1-2-7)6-12(16)15-8-3-4-11(15)9(5-8)13(17)18/h7-11H,1-6,14H2,(H,17,18). The molecule has 3 aliphatic rings. The fourth-order valence-electron chi connectivity index (χ4n) is 3.64. The van der Waals surface area contributed by atoms with Gasteiger partial charge in [-0.3, -0.25) is 9.59 Å². The molecule has 2 saturated heterocycles. The summed E-state index contributed by atoms with van der Waals surface area (Å²) in [6.07, 6.45) is 5.09. The summed E-state index contributed by atoms with van der Waals surface area (Å²) in [7, 11) is 0. The zero-order valence-electron chi connectivity index (χ0n) is 10.4. The van der Waals surface area contributed by atoms with Gasteiger partial charge in [0.15, 0.2) is 0 Å². The SMILES string of the molecule is NC(CC(=O)N1C2CCC1C(C(=O)O)C2)C1CC1. The molecule has 1 saturated carbocycles. The van der Waals surface area contributed by atoms with Crippen molar-refractivity contribution in [3.8, 4) is 0 Å². The van der Waals surface area contributed by atoms with Crippen LogP contribution in [0.2, 0.25) is 0 Å². The van der Waals surface area contributed by atoms with Crippen LogP contribution in [0.25, 0.3) is 0 Å².